The maximum Gasteiger partial charge on any atom is 0.262 e. The van der Waals surface area contributed by atoms with Gasteiger partial charge < -0.3 is 25.2 Å². The van der Waals surface area contributed by atoms with Gasteiger partial charge in [0.1, 0.15) is 22.8 Å². The van der Waals surface area contributed by atoms with E-state index in [2.05, 4.69) is 5.32 Å². The SMILES string of the molecule is CNc1cccc2c1CN(C(=O)c1c(O)cc(O)c(C)c1OCC1CC1)C2. The van der Waals surface area contributed by atoms with Gasteiger partial charge in [0.15, 0.2) is 0 Å². The molecule has 6 nitrogen and oxygen atoms in total. The van der Waals surface area contributed by atoms with Gasteiger partial charge in [-0.25, -0.2) is 0 Å². The first-order chi connectivity index (χ1) is 13.0. The number of carbonyl (C=O) groups excluding carboxylic acids is 1. The lowest BCUT2D eigenvalue weighted by Gasteiger charge is -2.21. The van der Waals surface area contributed by atoms with Gasteiger partial charge in [0.05, 0.1) is 6.61 Å². The van der Waals surface area contributed by atoms with Crippen LogP contribution in [-0.4, -0.2) is 34.7 Å². The van der Waals surface area contributed by atoms with Crippen LogP contribution < -0.4 is 10.1 Å². The fourth-order valence-electron chi connectivity index (χ4n) is 3.56. The van der Waals surface area contributed by atoms with Crippen LogP contribution in [0.3, 0.4) is 0 Å². The molecule has 0 bridgehead atoms. The predicted octanol–water partition coefficient (Wildman–Crippen LogP) is 3.39. The molecule has 1 aliphatic heterocycles. The highest BCUT2D eigenvalue weighted by Crippen LogP contribution is 2.41. The number of nitrogens with zero attached hydrogens (tertiary/aromatic N) is 1. The first kappa shape index (κ1) is 17.5. The molecule has 2 aromatic carbocycles. The number of nitrogens with one attached hydrogen (secondary N) is 1. The molecule has 0 unspecified atom stereocenters. The number of phenols is 2. The Hall–Kier alpha value is -2.89. The molecule has 0 atom stereocenters. The minimum Gasteiger partial charge on any atom is -0.507 e. The fraction of sp³-hybridized carbons (Fsp3) is 0.381. The van der Waals surface area contributed by atoms with Crippen LogP contribution in [0, 0.1) is 12.8 Å². The second-order valence-electron chi connectivity index (χ2n) is 7.35. The van der Waals surface area contributed by atoms with Crippen molar-refractivity contribution < 1.29 is 19.7 Å². The molecule has 1 amide bonds. The normalized spacial score (nSPS) is 15.6. The third-order valence-electron chi connectivity index (χ3n) is 5.40. The van der Waals surface area contributed by atoms with Gasteiger partial charge in [0, 0.05) is 37.5 Å². The molecule has 2 aromatic rings. The van der Waals surface area contributed by atoms with Crippen molar-refractivity contribution in [2.45, 2.75) is 32.9 Å². The quantitative estimate of drug-likeness (QED) is 0.754. The van der Waals surface area contributed by atoms with Gasteiger partial charge in [-0.1, -0.05) is 12.1 Å². The maximum absolute atomic E-state index is 13.3. The molecule has 3 N–H and O–H groups in total. The molecular weight excluding hydrogens is 344 g/mol. The van der Waals surface area contributed by atoms with E-state index < -0.39 is 0 Å². The number of hydrogen-bond acceptors (Lipinski definition) is 5. The second kappa shape index (κ2) is 6.68. The van der Waals surface area contributed by atoms with Crippen molar-refractivity contribution in [2.24, 2.45) is 5.92 Å². The average Bonchev–Trinajstić information content (AvgIpc) is 3.38. The summed E-state index contributed by atoms with van der Waals surface area (Å²) in [7, 11) is 1.86. The number of rotatable bonds is 5. The summed E-state index contributed by atoms with van der Waals surface area (Å²) in [6, 6.07) is 7.18. The Morgan fingerprint density at radius 1 is 1.26 bits per heavy atom. The largest absolute Gasteiger partial charge is 0.507 e. The lowest BCUT2D eigenvalue weighted by Crippen LogP contribution is -2.26. The summed E-state index contributed by atoms with van der Waals surface area (Å²) >= 11 is 0. The molecule has 6 heteroatoms. The Labute approximate surface area is 158 Å². The van der Waals surface area contributed by atoms with Gasteiger partial charge in [-0.15, -0.1) is 0 Å². The van der Waals surface area contributed by atoms with Crippen molar-refractivity contribution in [3.05, 3.63) is 46.5 Å². The Morgan fingerprint density at radius 3 is 2.74 bits per heavy atom. The number of phenolic OH excluding ortho intramolecular Hbond substituents is 2. The van der Waals surface area contributed by atoms with E-state index >= 15 is 0 Å². The summed E-state index contributed by atoms with van der Waals surface area (Å²) in [4.78, 5) is 15.0. The zero-order valence-electron chi connectivity index (χ0n) is 15.6. The van der Waals surface area contributed by atoms with Crippen LogP contribution >= 0.6 is 0 Å². The predicted molar refractivity (Wildman–Crippen MR) is 102 cm³/mol. The van der Waals surface area contributed by atoms with Crippen LogP contribution in [-0.2, 0) is 13.1 Å². The van der Waals surface area contributed by atoms with E-state index in [1.807, 2.05) is 25.2 Å². The lowest BCUT2D eigenvalue weighted by molar-refractivity contribution is 0.0743. The Morgan fingerprint density at radius 2 is 2.04 bits per heavy atom. The van der Waals surface area contributed by atoms with E-state index in [0.717, 1.165) is 29.7 Å². The number of hydrogen-bond donors (Lipinski definition) is 3. The van der Waals surface area contributed by atoms with Crippen molar-refractivity contribution in [3.8, 4) is 17.2 Å². The van der Waals surface area contributed by atoms with Gasteiger partial charge in [-0.2, -0.15) is 0 Å². The highest BCUT2D eigenvalue weighted by atomic mass is 16.5. The van der Waals surface area contributed by atoms with Crippen molar-refractivity contribution in [1.82, 2.24) is 4.90 Å². The molecule has 1 fully saturated rings. The molecule has 142 valence electrons. The standard InChI is InChI=1S/C21H24N2O4/c1-12-17(24)8-18(25)19(20(12)27-11-13-6-7-13)21(26)23-9-14-4-3-5-16(22-2)15(14)10-23/h3-5,8,13,22,24-25H,6-7,9-11H2,1-2H3. The molecule has 0 radical (unpaired) electrons. The number of anilines is 1. The summed E-state index contributed by atoms with van der Waals surface area (Å²) in [6.07, 6.45) is 2.22. The molecule has 1 saturated carbocycles. The van der Waals surface area contributed by atoms with Crippen LogP contribution in [0.4, 0.5) is 5.69 Å². The summed E-state index contributed by atoms with van der Waals surface area (Å²) in [5, 5.41) is 23.7. The monoisotopic (exact) mass is 368 g/mol. The van der Waals surface area contributed by atoms with Crippen LogP contribution in [0.2, 0.25) is 0 Å². The van der Waals surface area contributed by atoms with E-state index in [-0.39, 0.29) is 28.7 Å². The van der Waals surface area contributed by atoms with E-state index in [4.69, 9.17) is 4.74 Å². The van der Waals surface area contributed by atoms with Crippen LogP contribution in [0.15, 0.2) is 24.3 Å². The van der Waals surface area contributed by atoms with Crippen LogP contribution in [0.25, 0.3) is 0 Å². The highest BCUT2D eigenvalue weighted by molar-refractivity contribution is 6.00. The molecule has 1 aliphatic carbocycles. The Balaban J connectivity index is 1.66. The summed E-state index contributed by atoms with van der Waals surface area (Å²) in [5.74, 6) is 0.163. The van der Waals surface area contributed by atoms with E-state index in [1.54, 1.807) is 11.8 Å². The smallest absolute Gasteiger partial charge is 0.262 e. The molecular formula is C21H24N2O4. The van der Waals surface area contributed by atoms with E-state index in [1.165, 1.54) is 6.07 Å². The molecule has 2 aliphatic rings. The van der Waals surface area contributed by atoms with Crippen molar-refractivity contribution in [2.75, 3.05) is 19.0 Å². The van der Waals surface area contributed by atoms with E-state index in [0.29, 0.717) is 31.2 Å². The van der Waals surface area contributed by atoms with Crippen molar-refractivity contribution in [3.63, 3.8) is 0 Å². The summed E-state index contributed by atoms with van der Waals surface area (Å²) in [5.41, 5.74) is 3.78. The number of fused-ring (bicyclic) bond motifs is 1. The number of aromatic hydroxyl groups is 2. The zero-order chi connectivity index (χ0) is 19.1. The Bertz CT molecular complexity index is 906. The molecule has 0 saturated heterocycles. The Kier molecular flexibility index (Phi) is 4.34. The average molecular weight is 368 g/mol. The molecule has 0 spiro atoms. The fourth-order valence-corrected chi connectivity index (χ4v) is 3.56. The minimum atomic E-state index is -0.292. The summed E-state index contributed by atoms with van der Waals surface area (Å²) in [6.45, 7) is 3.14. The van der Waals surface area contributed by atoms with Crippen molar-refractivity contribution >= 4 is 11.6 Å². The lowest BCUT2D eigenvalue weighted by atomic mass is 10.1. The molecule has 0 aromatic heterocycles. The topological polar surface area (TPSA) is 82.0 Å². The third-order valence-corrected chi connectivity index (χ3v) is 5.40. The van der Waals surface area contributed by atoms with Crippen molar-refractivity contribution in [1.29, 1.82) is 0 Å². The maximum atomic E-state index is 13.3. The van der Waals surface area contributed by atoms with Gasteiger partial charge in [0.25, 0.3) is 5.91 Å². The van der Waals surface area contributed by atoms with Crippen LogP contribution in [0.1, 0.15) is 39.9 Å². The molecule has 4 rings (SSSR count). The van der Waals surface area contributed by atoms with Crippen LogP contribution in [0.5, 0.6) is 17.2 Å². The van der Waals surface area contributed by atoms with E-state index in [9.17, 15) is 15.0 Å². The zero-order valence-corrected chi connectivity index (χ0v) is 15.6. The van der Waals surface area contributed by atoms with Gasteiger partial charge >= 0.3 is 0 Å². The number of ether oxygens (including phenoxy) is 1. The van der Waals surface area contributed by atoms with Gasteiger partial charge in [0.2, 0.25) is 0 Å². The molecule has 27 heavy (non-hydrogen) atoms. The molecule has 1 heterocycles. The number of benzene rings is 2. The highest BCUT2D eigenvalue weighted by Gasteiger charge is 2.32. The summed E-state index contributed by atoms with van der Waals surface area (Å²) < 4.78 is 5.88. The number of amides is 1. The third kappa shape index (κ3) is 3.16. The first-order valence-corrected chi connectivity index (χ1v) is 9.25. The van der Waals surface area contributed by atoms with Gasteiger partial charge in [-0.3, -0.25) is 4.79 Å². The first-order valence-electron chi connectivity index (χ1n) is 9.25. The minimum absolute atomic E-state index is 0.0722. The second-order valence-corrected chi connectivity index (χ2v) is 7.35. The van der Waals surface area contributed by atoms with Gasteiger partial charge in [-0.05, 0) is 42.9 Å². The number of carbonyl (C=O) groups is 1.